The van der Waals surface area contributed by atoms with E-state index < -0.39 is 60.2 Å². The predicted octanol–water partition coefficient (Wildman–Crippen LogP) is -3.24. The second-order valence-electron chi connectivity index (χ2n) is 7.73. The highest BCUT2D eigenvalue weighted by atomic mass is 32.1. The highest BCUT2D eigenvalue weighted by Crippen LogP contribution is 2.08. The minimum Gasteiger partial charge on any atom is -0.480 e. The van der Waals surface area contributed by atoms with Crippen LogP contribution in [-0.4, -0.2) is 77.1 Å². The van der Waals surface area contributed by atoms with E-state index in [4.69, 9.17) is 28.0 Å². The van der Waals surface area contributed by atoms with Gasteiger partial charge in [-0.15, -0.1) is 0 Å². The summed E-state index contributed by atoms with van der Waals surface area (Å²) in [6.45, 7) is 3.82. The molecule has 0 saturated heterocycles. The molecule has 4 amide bonds. The molecule has 0 aromatic rings. The van der Waals surface area contributed by atoms with E-state index in [9.17, 15) is 24.0 Å². The molecule has 5 atom stereocenters. The molecule has 0 fully saturated rings. The fraction of sp³-hybridized carbons (Fsp3) is 0.684. The van der Waals surface area contributed by atoms with Crippen molar-refractivity contribution in [2.45, 2.75) is 63.7 Å². The first-order valence-corrected chi connectivity index (χ1v) is 11.3. The molecule has 0 aliphatic heterocycles. The van der Waals surface area contributed by atoms with Gasteiger partial charge in [0.25, 0.3) is 0 Å². The van der Waals surface area contributed by atoms with Crippen molar-refractivity contribution in [1.29, 1.82) is 0 Å². The Morgan fingerprint density at radius 3 is 1.94 bits per heavy atom. The smallest absolute Gasteiger partial charge is 0.327 e. The summed E-state index contributed by atoms with van der Waals surface area (Å²) in [4.78, 5) is 64.4. The molecule has 0 aromatic carbocycles. The van der Waals surface area contributed by atoms with E-state index in [-0.39, 0.29) is 30.6 Å². The van der Waals surface area contributed by atoms with Crippen LogP contribution in [-0.2, 0) is 24.0 Å². The van der Waals surface area contributed by atoms with E-state index in [2.05, 4.69) is 33.6 Å². The zero-order chi connectivity index (χ0) is 26.4. The number of carbonyl (C=O) groups excluding carboxylic acids is 4. The normalized spacial score (nSPS) is 15.1. The van der Waals surface area contributed by atoms with Gasteiger partial charge in [0.2, 0.25) is 23.6 Å². The van der Waals surface area contributed by atoms with Crippen LogP contribution in [0.5, 0.6) is 0 Å². The van der Waals surface area contributed by atoms with Crippen molar-refractivity contribution >= 4 is 48.2 Å². The lowest BCUT2D eigenvalue weighted by Gasteiger charge is -2.25. The molecule has 34 heavy (non-hydrogen) atoms. The van der Waals surface area contributed by atoms with Crippen LogP contribution in [0.1, 0.15) is 39.5 Å². The number of carboxylic acid groups (broad SMARTS) is 1. The maximum atomic E-state index is 12.9. The second-order valence-corrected chi connectivity index (χ2v) is 8.10. The van der Waals surface area contributed by atoms with Gasteiger partial charge in [0.15, 0.2) is 5.96 Å². The number of carbonyl (C=O) groups is 5. The Morgan fingerprint density at radius 2 is 1.47 bits per heavy atom. The fourth-order valence-electron chi connectivity index (χ4n) is 2.69. The van der Waals surface area contributed by atoms with Gasteiger partial charge in [0.1, 0.15) is 18.1 Å². The molecule has 0 aliphatic rings. The molecule has 14 nitrogen and oxygen atoms in total. The van der Waals surface area contributed by atoms with Crippen LogP contribution in [0, 0.1) is 5.92 Å². The Bertz CT molecular complexity index is 761. The Hall–Kier alpha value is -3.07. The summed E-state index contributed by atoms with van der Waals surface area (Å²) in [6.07, 6.45) is 0.410. The van der Waals surface area contributed by atoms with E-state index in [1.165, 1.54) is 0 Å². The Kier molecular flexibility index (Phi) is 14.3. The van der Waals surface area contributed by atoms with Gasteiger partial charge in [-0.05, 0) is 18.8 Å². The number of hydrogen-bond donors (Lipinski definition) is 9. The highest BCUT2D eigenvalue weighted by molar-refractivity contribution is 7.80. The van der Waals surface area contributed by atoms with Crippen molar-refractivity contribution in [3.8, 4) is 0 Å². The number of thiol groups is 1. The van der Waals surface area contributed by atoms with Crippen molar-refractivity contribution in [2.75, 3.05) is 12.3 Å². The summed E-state index contributed by atoms with van der Waals surface area (Å²) in [5, 5.41) is 16.2. The van der Waals surface area contributed by atoms with Crippen molar-refractivity contribution in [3.63, 3.8) is 0 Å². The second kappa shape index (κ2) is 15.7. The average molecular weight is 505 g/mol. The summed E-state index contributed by atoms with van der Waals surface area (Å²) in [7, 11) is 0. The van der Waals surface area contributed by atoms with Gasteiger partial charge in [0.05, 0.1) is 12.5 Å². The molecule has 0 heterocycles. The lowest BCUT2D eigenvalue weighted by atomic mass is 9.98. The standard InChI is InChI=1S/C19H36N8O6S/c1-3-9(2)14(21)17(31)25-10(5-4-6-24-19(22)23)15(29)26-11(7-13(20)28)16(30)27-12(8-34)18(32)33/h9-12,14,34H,3-8,21H2,1-2H3,(H2,20,28)(H,25,31)(H,26,29)(H,27,30)(H,32,33)(H4,22,23,24). The molecule has 0 aliphatic carbocycles. The maximum Gasteiger partial charge on any atom is 0.327 e. The maximum absolute atomic E-state index is 12.9. The van der Waals surface area contributed by atoms with Gasteiger partial charge in [-0.25, -0.2) is 4.79 Å². The van der Waals surface area contributed by atoms with E-state index in [0.29, 0.717) is 12.8 Å². The number of nitrogens with one attached hydrogen (secondary N) is 3. The van der Waals surface area contributed by atoms with E-state index in [0.717, 1.165) is 0 Å². The molecular weight excluding hydrogens is 468 g/mol. The first kappa shape index (κ1) is 30.9. The number of rotatable bonds is 16. The monoisotopic (exact) mass is 504 g/mol. The number of amides is 4. The number of aliphatic carboxylic acids is 1. The minimum atomic E-state index is -1.48. The van der Waals surface area contributed by atoms with Crippen LogP contribution in [0.15, 0.2) is 4.99 Å². The zero-order valence-electron chi connectivity index (χ0n) is 19.3. The molecule has 0 radical (unpaired) electrons. The number of carboxylic acids is 1. The third kappa shape index (κ3) is 11.7. The van der Waals surface area contributed by atoms with Gasteiger partial charge in [-0.1, -0.05) is 20.3 Å². The van der Waals surface area contributed by atoms with Crippen LogP contribution in [0.2, 0.25) is 0 Å². The molecule has 0 saturated carbocycles. The zero-order valence-corrected chi connectivity index (χ0v) is 20.2. The molecule has 194 valence electrons. The molecule has 12 N–H and O–H groups in total. The summed E-state index contributed by atoms with van der Waals surface area (Å²) < 4.78 is 0. The minimum absolute atomic E-state index is 0.0842. The number of nitrogens with two attached hydrogens (primary N) is 4. The van der Waals surface area contributed by atoms with E-state index in [1.807, 2.05) is 6.92 Å². The van der Waals surface area contributed by atoms with Gasteiger partial charge in [0, 0.05) is 12.3 Å². The molecular formula is C19H36N8O6S. The third-order valence-corrected chi connectivity index (χ3v) is 5.34. The first-order valence-electron chi connectivity index (χ1n) is 10.7. The third-order valence-electron chi connectivity index (χ3n) is 4.97. The molecule has 0 rings (SSSR count). The molecule has 15 heteroatoms. The van der Waals surface area contributed by atoms with Crippen LogP contribution >= 0.6 is 12.6 Å². The molecule has 0 aromatic heterocycles. The van der Waals surface area contributed by atoms with Gasteiger partial charge in [-0.3, -0.25) is 24.2 Å². The topological polar surface area (TPSA) is 258 Å². The number of primary amides is 1. The van der Waals surface area contributed by atoms with Crippen LogP contribution in [0.25, 0.3) is 0 Å². The van der Waals surface area contributed by atoms with Crippen molar-refractivity contribution in [3.05, 3.63) is 0 Å². The SMILES string of the molecule is CCC(C)C(N)C(=O)NC(CCCN=C(N)N)C(=O)NC(CC(N)=O)C(=O)NC(CS)C(=O)O. The first-order chi connectivity index (χ1) is 15.8. The quantitative estimate of drug-likeness (QED) is 0.0442. The number of guanidine groups is 1. The fourth-order valence-corrected chi connectivity index (χ4v) is 2.94. The number of aliphatic imine (C=N–C) groups is 1. The van der Waals surface area contributed by atoms with Gasteiger partial charge in [-0.2, -0.15) is 12.6 Å². The van der Waals surface area contributed by atoms with Crippen molar-refractivity contribution < 1.29 is 29.1 Å². The van der Waals surface area contributed by atoms with E-state index >= 15 is 0 Å². The lowest BCUT2D eigenvalue weighted by molar-refractivity contribution is -0.141. The van der Waals surface area contributed by atoms with Crippen LogP contribution in [0.3, 0.4) is 0 Å². The molecule has 0 spiro atoms. The average Bonchev–Trinajstić information content (AvgIpc) is 2.76. The Morgan fingerprint density at radius 1 is 0.941 bits per heavy atom. The summed E-state index contributed by atoms with van der Waals surface area (Å²) in [6, 6.07) is -4.85. The summed E-state index contributed by atoms with van der Waals surface area (Å²) >= 11 is 3.85. The summed E-state index contributed by atoms with van der Waals surface area (Å²) in [5.41, 5.74) is 21.7. The highest BCUT2D eigenvalue weighted by Gasteiger charge is 2.31. The van der Waals surface area contributed by atoms with E-state index in [1.54, 1.807) is 6.92 Å². The Balaban J connectivity index is 5.58. The largest absolute Gasteiger partial charge is 0.480 e. The summed E-state index contributed by atoms with van der Waals surface area (Å²) in [5.74, 6) is -5.11. The predicted molar refractivity (Wildman–Crippen MR) is 128 cm³/mol. The van der Waals surface area contributed by atoms with Crippen LogP contribution in [0.4, 0.5) is 0 Å². The van der Waals surface area contributed by atoms with Gasteiger partial charge >= 0.3 is 5.97 Å². The lowest BCUT2D eigenvalue weighted by Crippen LogP contribution is -2.58. The van der Waals surface area contributed by atoms with Crippen LogP contribution < -0.4 is 38.9 Å². The molecule has 5 unspecified atom stereocenters. The van der Waals surface area contributed by atoms with Crippen molar-refractivity contribution in [2.24, 2.45) is 33.8 Å². The Labute approximate surface area is 203 Å². The van der Waals surface area contributed by atoms with Crippen molar-refractivity contribution in [1.82, 2.24) is 16.0 Å². The molecule has 0 bridgehead atoms. The number of nitrogens with zero attached hydrogens (tertiary/aromatic N) is 1. The number of hydrogen-bond acceptors (Lipinski definition) is 8. The van der Waals surface area contributed by atoms with Gasteiger partial charge < -0.3 is 44.0 Å².